The molecule has 0 aliphatic heterocycles. The summed E-state index contributed by atoms with van der Waals surface area (Å²) in [5, 5.41) is 7.15. The van der Waals surface area contributed by atoms with Gasteiger partial charge < -0.3 is 9.47 Å². The number of hydrogen-bond donors (Lipinski definition) is 1. The second-order valence-corrected chi connectivity index (χ2v) is 9.57. The summed E-state index contributed by atoms with van der Waals surface area (Å²) in [6.07, 6.45) is 0.628. The van der Waals surface area contributed by atoms with E-state index in [1.807, 2.05) is 66.7 Å². The van der Waals surface area contributed by atoms with E-state index in [9.17, 15) is 9.59 Å². The van der Waals surface area contributed by atoms with Gasteiger partial charge in [-0.15, -0.1) is 11.3 Å². The van der Waals surface area contributed by atoms with Crippen LogP contribution in [0.15, 0.2) is 96.1 Å². The van der Waals surface area contributed by atoms with Crippen LogP contribution in [0.4, 0.5) is 0 Å². The molecule has 5 aromatic rings. The lowest BCUT2D eigenvalue weighted by atomic mass is 10.1. The van der Waals surface area contributed by atoms with Gasteiger partial charge >= 0.3 is 5.97 Å². The second-order valence-electron chi connectivity index (χ2n) is 8.14. The van der Waals surface area contributed by atoms with E-state index in [-0.39, 0.29) is 0 Å². The summed E-state index contributed by atoms with van der Waals surface area (Å²) in [4.78, 5) is 25.8. The maximum absolute atomic E-state index is 12.9. The van der Waals surface area contributed by atoms with Gasteiger partial charge in [-0.1, -0.05) is 78.3 Å². The quantitative estimate of drug-likeness (QED) is 0.108. The lowest BCUT2D eigenvalue weighted by Crippen LogP contribution is -2.33. The zero-order valence-electron chi connectivity index (χ0n) is 19.7. The standard InChI is InChI=1S/C29H21ClN2O4S/c1-18(35-24-15-8-11-19-9-2-4-12-21(19)24)28(33)32-31-17-20-10-3-6-14-23(20)36-29(34)27-26(30)22-13-5-7-16-25(22)37-27/h2-18H,1H3,(H,32,33). The fraction of sp³-hybridized carbons (Fsp3) is 0.0690. The lowest BCUT2D eigenvalue weighted by Gasteiger charge is -2.14. The van der Waals surface area contributed by atoms with E-state index < -0.39 is 18.0 Å². The highest BCUT2D eigenvalue weighted by Crippen LogP contribution is 2.36. The summed E-state index contributed by atoms with van der Waals surface area (Å²) in [7, 11) is 0. The van der Waals surface area contributed by atoms with Crippen molar-refractivity contribution in [1.29, 1.82) is 0 Å². The third-order valence-corrected chi connectivity index (χ3v) is 7.30. The van der Waals surface area contributed by atoms with E-state index in [4.69, 9.17) is 21.1 Å². The van der Waals surface area contributed by atoms with E-state index in [1.165, 1.54) is 17.6 Å². The van der Waals surface area contributed by atoms with Crippen molar-refractivity contribution in [3.05, 3.63) is 106 Å². The van der Waals surface area contributed by atoms with Crippen LogP contribution < -0.4 is 14.9 Å². The maximum Gasteiger partial charge on any atom is 0.355 e. The zero-order chi connectivity index (χ0) is 25.8. The Hall–Kier alpha value is -4.20. The van der Waals surface area contributed by atoms with Crippen LogP contribution in [0.25, 0.3) is 20.9 Å². The molecule has 6 nitrogen and oxygen atoms in total. The number of halogens is 1. The first kappa shape index (κ1) is 24.5. The minimum Gasteiger partial charge on any atom is -0.480 e. The van der Waals surface area contributed by atoms with Gasteiger partial charge in [0.15, 0.2) is 6.10 Å². The number of ether oxygens (including phenoxy) is 2. The molecule has 1 unspecified atom stereocenters. The van der Waals surface area contributed by atoms with Gasteiger partial charge in [-0.05, 0) is 36.6 Å². The average Bonchev–Trinajstić information content (AvgIpc) is 3.26. The number of carbonyl (C=O) groups excluding carboxylic acids is 2. The number of para-hydroxylation sites is 1. The highest BCUT2D eigenvalue weighted by atomic mass is 35.5. The van der Waals surface area contributed by atoms with E-state index in [2.05, 4.69) is 10.5 Å². The van der Waals surface area contributed by atoms with Crippen molar-refractivity contribution in [1.82, 2.24) is 5.43 Å². The number of nitrogens with zero attached hydrogens (tertiary/aromatic N) is 1. The minimum atomic E-state index is -0.786. The Bertz CT molecular complexity index is 1640. The Morgan fingerprint density at radius 2 is 1.57 bits per heavy atom. The first-order valence-corrected chi connectivity index (χ1v) is 12.7. The van der Waals surface area contributed by atoms with Crippen molar-refractivity contribution in [2.24, 2.45) is 5.10 Å². The average molecular weight is 529 g/mol. The van der Waals surface area contributed by atoms with E-state index in [0.29, 0.717) is 27.0 Å². The second kappa shape index (κ2) is 10.8. The van der Waals surface area contributed by atoms with Crippen LogP contribution in [-0.2, 0) is 4.79 Å². The molecule has 1 heterocycles. The number of hydrogen-bond acceptors (Lipinski definition) is 6. The summed E-state index contributed by atoms with van der Waals surface area (Å²) in [5.74, 6) is -0.0788. The molecule has 0 radical (unpaired) electrons. The fourth-order valence-electron chi connectivity index (χ4n) is 3.77. The number of fused-ring (bicyclic) bond motifs is 2. The number of benzene rings is 4. The fourth-order valence-corrected chi connectivity index (χ4v) is 5.16. The molecule has 0 aliphatic carbocycles. The van der Waals surface area contributed by atoms with Gasteiger partial charge in [0.05, 0.1) is 11.2 Å². The van der Waals surface area contributed by atoms with Gasteiger partial charge in [0.2, 0.25) is 0 Å². The SMILES string of the molecule is CC(Oc1cccc2ccccc12)C(=O)NN=Cc1ccccc1OC(=O)c1sc2ccccc2c1Cl. The van der Waals surface area contributed by atoms with Crippen molar-refractivity contribution in [3.63, 3.8) is 0 Å². The van der Waals surface area contributed by atoms with Gasteiger partial charge in [0, 0.05) is 21.0 Å². The summed E-state index contributed by atoms with van der Waals surface area (Å²) in [6.45, 7) is 1.65. The van der Waals surface area contributed by atoms with Crippen molar-refractivity contribution in [3.8, 4) is 11.5 Å². The van der Waals surface area contributed by atoms with Crippen LogP contribution in [0.3, 0.4) is 0 Å². The van der Waals surface area contributed by atoms with E-state index in [0.717, 1.165) is 20.9 Å². The topological polar surface area (TPSA) is 77.0 Å². The van der Waals surface area contributed by atoms with Crippen molar-refractivity contribution < 1.29 is 19.1 Å². The molecule has 37 heavy (non-hydrogen) atoms. The van der Waals surface area contributed by atoms with Crippen LogP contribution in [-0.4, -0.2) is 24.2 Å². The molecule has 0 saturated carbocycles. The molecule has 184 valence electrons. The van der Waals surface area contributed by atoms with Crippen LogP contribution in [0.2, 0.25) is 5.02 Å². The predicted molar refractivity (Wildman–Crippen MR) is 148 cm³/mol. The summed E-state index contributed by atoms with van der Waals surface area (Å²) in [5.41, 5.74) is 2.99. The van der Waals surface area contributed by atoms with E-state index >= 15 is 0 Å². The molecular formula is C29H21ClN2O4S. The van der Waals surface area contributed by atoms with Gasteiger partial charge in [-0.2, -0.15) is 5.10 Å². The molecule has 4 aromatic carbocycles. The molecule has 1 amide bonds. The summed E-state index contributed by atoms with van der Waals surface area (Å²) in [6, 6.07) is 27.9. The Kier molecular flexibility index (Phi) is 7.16. The minimum absolute atomic E-state index is 0.291. The van der Waals surface area contributed by atoms with Gasteiger partial charge in [-0.25, -0.2) is 10.2 Å². The first-order valence-electron chi connectivity index (χ1n) is 11.5. The molecule has 0 fully saturated rings. The molecule has 0 bridgehead atoms. The number of amides is 1. The molecular weight excluding hydrogens is 508 g/mol. The number of thiophene rings is 1. The Balaban J connectivity index is 1.25. The summed E-state index contributed by atoms with van der Waals surface area (Å²) >= 11 is 7.69. The highest BCUT2D eigenvalue weighted by molar-refractivity contribution is 7.21. The smallest absolute Gasteiger partial charge is 0.355 e. The Morgan fingerprint density at radius 1 is 0.892 bits per heavy atom. The van der Waals surface area contributed by atoms with Crippen molar-refractivity contribution in [2.75, 3.05) is 0 Å². The zero-order valence-corrected chi connectivity index (χ0v) is 21.3. The van der Waals surface area contributed by atoms with Crippen LogP contribution in [0, 0.1) is 0 Å². The third-order valence-electron chi connectivity index (χ3n) is 5.64. The molecule has 0 aliphatic rings. The number of hydrazone groups is 1. The first-order chi connectivity index (χ1) is 18.0. The van der Waals surface area contributed by atoms with Gasteiger partial charge in [-0.3, -0.25) is 4.79 Å². The van der Waals surface area contributed by atoms with Crippen molar-refractivity contribution >= 4 is 61.9 Å². The van der Waals surface area contributed by atoms with Crippen LogP contribution >= 0.6 is 22.9 Å². The molecule has 0 saturated heterocycles. The van der Waals surface area contributed by atoms with Crippen molar-refractivity contribution in [2.45, 2.75) is 13.0 Å². The molecule has 1 N–H and O–H groups in total. The van der Waals surface area contributed by atoms with Gasteiger partial charge in [0.25, 0.3) is 5.91 Å². The van der Waals surface area contributed by atoms with Gasteiger partial charge in [0.1, 0.15) is 16.4 Å². The number of rotatable bonds is 7. The third kappa shape index (κ3) is 5.33. The van der Waals surface area contributed by atoms with Crippen LogP contribution in [0.1, 0.15) is 22.2 Å². The molecule has 5 rings (SSSR count). The lowest BCUT2D eigenvalue weighted by molar-refractivity contribution is -0.127. The molecule has 8 heteroatoms. The normalized spacial score (nSPS) is 12.1. The largest absolute Gasteiger partial charge is 0.480 e. The monoisotopic (exact) mass is 528 g/mol. The molecule has 0 spiro atoms. The number of esters is 1. The number of nitrogens with one attached hydrogen (secondary N) is 1. The number of carbonyl (C=O) groups is 2. The Morgan fingerprint density at radius 3 is 2.41 bits per heavy atom. The predicted octanol–water partition coefficient (Wildman–Crippen LogP) is 6.84. The molecule has 1 atom stereocenters. The Labute approximate surface area is 222 Å². The molecule has 1 aromatic heterocycles. The van der Waals surface area contributed by atoms with E-state index in [1.54, 1.807) is 31.2 Å². The summed E-state index contributed by atoms with van der Waals surface area (Å²) < 4.78 is 12.4. The highest BCUT2D eigenvalue weighted by Gasteiger charge is 2.20. The maximum atomic E-state index is 12.9. The van der Waals surface area contributed by atoms with Crippen LogP contribution in [0.5, 0.6) is 11.5 Å².